The van der Waals surface area contributed by atoms with E-state index in [1.807, 2.05) is 12.1 Å². The zero-order valence-electron chi connectivity index (χ0n) is 10.9. The molecule has 0 fully saturated rings. The van der Waals surface area contributed by atoms with Crippen LogP contribution in [0.2, 0.25) is 5.02 Å². The van der Waals surface area contributed by atoms with Gasteiger partial charge in [-0.2, -0.15) is 0 Å². The first kappa shape index (κ1) is 15.8. The largest absolute Gasteiger partial charge is 0.388 e. The molecular weight excluding hydrogens is 313 g/mol. The van der Waals surface area contributed by atoms with Gasteiger partial charge in [0.1, 0.15) is 0 Å². The van der Waals surface area contributed by atoms with E-state index in [2.05, 4.69) is 0 Å². The van der Waals surface area contributed by atoms with E-state index in [4.69, 9.17) is 23.2 Å². The maximum atomic E-state index is 10.6. The van der Waals surface area contributed by atoms with E-state index in [0.29, 0.717) is 17.0 Å². The lowest BCUT2D eigenvalue weighted by Gasteiger charge is -2.15. The predicted molar refractivity (Wildman–Crippen MR) is 82.7 cm³/mol. The van der Waals surface area contributed by atoms with Crippen LogP contribution in [0.5, 0.6) is 0 Å². The van der Waals surface area contributed by atoms with Gasteiger partial charge in [0, 0.05) is 17.2 Å². The monoisotopic (exact) mass is 325 g/mol. The second-order valence-corrected chi connectivity index (χ2v) is 5.58. The molecule has 0 aliphatic carbocycles. The fourth-order valence-electron chi connectivity index (χ4n) is 1.96. The van der Waals surface area contributed by atoms with Crippen molar-refractivity contribution in [3.63, 3.8) is 0 Å². The van der Waals surface area contributed by atoms with E-state index < -0.39 is 11.0 Å². The number of aliphatic hydroxyl groups is 1. The number of nitrogens with zero attached hydrogens (tertiary/aromatic N) is 1. The van der Waals surface area contributed by atoms with Crippen LogP contribution in [-0.4, -0.2) is 10.0 Å². The Hall–Kier alpha value is -1.62. The van der Waals surface area contributed by atoms with Crippen molar-refractivity contribution < 1.29 is 10.0 Å². The van der Waals surface area contributed by atoms with E-state index in [0.717, 1.165) is 5.56 Å². The van der Waals surface area contributed by atoms with E-state index in [1.165, 1.54) is 24.3 Å². The number of benzene rings is 2. The van der Waals surface area contributed by atoms with E-state index >= 15 is 0 Å². The normalized spacial score (nSPS) is 13.7. The van der Waals surface area contributed by atoms with Gasteiger partial charge in [0.25, 0.3) is 5.69 Å². The first-order chi connectivity index (χ1) is 9.97. The lowest BCUT2D eigenvalue weighted by molar-refractivity contribution is -0.384. The van der Waals surface area contributed by atoms with Gasteiger partial charge in [0.05, 0.1) is 16.4 Å². The number of halogens is 2. The van der Waals surface area contributed by atoms with Gasteiger partial charge in [-0.3, -0.25) is 10.1 Å². The van der Waals surface area contributed by atoms with Crippen molar-refractivity contribution in [3.8, 4) is 0 Å². The second kappa shape index (κ2) is 6.89. The molecule has 0 radical (unpaired) electrons. The van der Waals surface area contributed by atoms with E-state index in [9.17, 15) is 15.2 Å². The summed E-state index contributed by atoms with van der Waals surface area (Å²) in [7, 11) is 0. The zero-order valence-corrected chi connectivity index (χ0v) is 12.5. The number of aliphatic hydroxyl groups excluding tert-OH is 1. The maximum Gasteiger partial charge on any atom is 0.269 e. The number of nitro benzene ring substituents is 1. The van der Waals surface area contributed by atoms with Crippen LogP contribution in [0, 0.1) is 10.1 Å². The summed E-state index contributed by atoms with van der Waals surface area (Å²) in [5, 5.41) is 21.0. The van der Waals surface area contributed by atoms with Gasteiger partial charge in [-0.05, 0) is 41.8 Å². The molecule has 2 aromatic carbocycles. The molecular formula is C15H13Cl2NO3. The summed E-state index contributed by atoms with van der Waals surface area (Å²) in [4.78, 5) is 10.1. The van der Waals surface area contributed by atoms with Crippen molar-refractivity contribution >= 4 is 28.9 Å². The van der Waals surface area contributed by atoms with Gasteiger partial charge < -0.3 is 5.11 Å². The molecule has 2 aromatic rings. The average molecular weight is 326 g/mol. The Kier molecular flexibility index (Phi) is 5.17. The standard InChI is InChI=1S/C15H13Cl2NO3/c16-12-5-1-10(2-6-12)14(17)9-15(19)11-3-7-13(8-4-11)18(20)21/h1-8,14-15,19H,9H2/t14-,15-/m0/s1. The average Bonchev–Trinajstić information content (AvgIpc) is 2.47. The highest BCUT2D eigenvalue weighted by Crippen LogP contribution is 2.32. The Morgan fingerprint density at radius 2 is 1.57 bits per heavy atom. The second-order valence-electron chi connectivity index (χ2n) is 4.62. The van der Waals surface area contributed by atoms with Crippen LogP contribution in [-0.2, 0) is 0 Å². The Bertz CT molecular complexity index is 614. The van der Waals surface area contributed by atoms with Gasteiger partial charge in [-0.25, -0.2) is 0 Å². The third kappa shape index (κ3) is 4.17. The first-order valence-electron chi connectivity index (χ1n) is 6.29. The molecule has 0 amide bonds. The fourth-order valence-corrected chi connectivity index (χ4v) is 2.40. The van der Waals surface area contributed by atoms with Crippen LogP contribution in [0.1, 0.15) is 29.0 Å². The third-order valence-corrected chi connectivity index (χ3v) is 3.83. The van der Waals surface area contributed by atoms with Crippen LogP contribution >= 0.6 is 23.2 Å². The topological polar surface area (TPSA) is 63.4 Å². The Balaban J connectivity index is 2.04. The lowest BCUT2D eigenvalue weighted by Crippen LogP contribution is -2.02. The minimum atomic E-state index is -0.788. The van der Waals surface area contributed by atoms with Crippen LogP contribution in [0.4, 0.5) is 5.69 Å². The highest BCUT2D eigenvalue weighted by Gasteiger charge is 2.16. The number of non-ortho nitro benzene ring substituents is 1. The summed E-state index contributed by atoms with van der Waals surface area (Å²) >= 11 is 12.1. The maximum absolute atomic E-state index is 10.6. The van der Waals surface area contributed by atoms with Crippen LogP contribution < -0.4 is 0 Å². The number of hydrogen-bond acceptors (Lipinski definition) is 3. The third-order valence-electron chi connectivity index (χ3n) is 3.15. The van der Waals surface area contributed by atoms with Crippen LogP contribution in [0.15, 0.2) is 48.5 Å². The number of nitro groups is 1. The smallest absolute Gasteiger partial charge is 0.269 e. The molecule has 21 heavy (non-hydrogen) atoms. The molecule has 0 saturated carbocycles. The summed E-state index contributed by atoms with van der Waals surface area (Å²) in [5.74, 6) is 0. The molecule has 0 heterocycles. The van der Waals surface area contributed by atoms with Crippen LogP contribution in [0.25, 0.3) is 0 Å². The lowest BCUT2D eigenvalue weighted by atomic mass is 10.0. The van der Waals surface area contributed by atoms with Crippen molar-refractivity contribution in [1.29, 1.82) is 0 Å². The highest BCUT2D eigenvalue weighted by molar-refractivity contribution is 6.30. The van der Waals surface area contributed by atoms with Gasteiger partial charge in [0.2, 0.25) is 0 Å². The van der Waals surface area contributed by atoms with Crippen molar-refractivity contribution in [3.05, 3.63) is 74.8 Å². The summed E-state index contributed by atoms with van der Waals surface area (Å²) in [6.07, 6.45) is -0.481. The summed E-state index contributed by atoms with van der Waals surface area (Å²) in [6.45, 7) is 0. The fraction of sp³-hybridized carbons (Fsp3) is 0.200. The molecule has 2 atom stereocenters. The molecule has 4 nitrogen and oxygen atoms in total. The minimum Gasteiger partial charge on any atom is -0.388 e. The van der Waals surface area contributed by atoms with E-state index in [1.54, 1.807) is 12.1 Å². The molecule has 0 spiro atoms. The molecule has 0 saturated heterocycles. The molecule has 2 rings (SSSR count). The molecule has 6 heteroatoms. The highest BCUT2D eigenvalue weighted by atomic mass is 35.5. The number of hydrogen-bond donors (Lipinski definition) is 1. The van der Waals surface area contributed by atoms with Crippen LogP contribution in [0.3, 0.4) is 0 Å². The molecule has 0 unspecified atom stereocenters. The molecule has 110 valence electrons. The zero-order chi connectivity index (χ0) is 15.4. The van der Waals surface area contributed by atoms with Crippen molar-refractivity contribution in [2.24, 2.45) is 0 Å². The van der Waals surface area contributed by atoms with E-state index in [-0.39, 0.29) is 11.1 Å². The summed E-state index contributed by atoms with van der Waals surface area (Å²) in [6, 6.07) is 12.9. The van der Waals surface area contributed by atoms with Crippen molar-refractivity contribution in [2.45, 2.75) is 17.9 Å². The minimum absolute atomic E-state index is 0.00826. The molecule has 0 bridgehead atoms. The predicted octanol–water partition coefficient (Wildman–Crippen LogP) is 4.65. The SMILES string of the molecule is O=[N+]([O-])c1ccc([C@@H](O)C[C@H](Cl)c2ccc(Cl)cc2)cc1. The quantitative estimate of drug-likeness (QED) is 0.494. The first-order valence-corrected chi connectivity index (χ1v) is 7.11. The molecule has 0 aromatic heterocycles. The number of rotatable bonds is 5. The van der Waals surface area contributed by atoms with Gasteiger partial charge in [-0.15, -0.1) is 11.6 Å². The summed E-state index contributed by atoms with van der Waals surface area (Å²) < 4.78 is 0. The van der Waals surface area contributed by atoms with Crippen molar-refractivity contribution in [2.75, 3.05) is 0 Å². The number of alkyl halides is 1. The Morgan fingerprint density at radius 3 is 2.10 bits per heavy atom. The van der Waals surface area contributed by atoms with Gasteiger partial charge >= 0.3 is 0 Å². The van der Waals surface area contributed by atoms with Gasteiger partial charge in [0.15, 0.2) is 0 Å². The van der Waals surface area contributed by atoms with Gasteiger partial charge in [-0.1, -0.05) is 23.7 Å². The molecule has 0 aliphatic rings. The molecule has 1 N–H and O–H groups in total. The molecule has 0 aliphatic heterocycles. The van der Waals surface area contributed by atoms with Crippen molar-refractivity contribution in [1.82, 2.24) is 0 Å². The Morgan fingerprint density at radius 1 is 1.05 bits per heavy atom. The summed E-state index contributed by atoms with van der Waals surface area (Å²) in [5.41, 5.74) is 1.45. The Labute approximate surface area is 132 Å².